The van der Waals surface area contributed by atoms with Crippen molar-refractivity contribution in [3.8, 4) is 5.75 Å². The molecule has 1 saturated carbocycles. The van der Waals surface area contributed by atoms with Gasteiger partial charge >= 0.3 is 5.97 Å². The van der Waals surface area contributed by atoms with E-state index >= 15 is 0 Å². The minimum atomic E-state index is -0.574. The number of non-ortho nitro benzene ring substituents is 1. The molecule has 118 valence electrons. The molecule has 0 amide bonds. The van der Waals surface area contributed by atoms with E-state index in [2.05, 4.69) is 0 Å². The van der Waals surface area contributed by atoms with Gasteiger partial charge in [0.2, 0.25) is 0 Å². The van der Waals surface area contributed by atoms with Crippen LogP contribution in [0.5, 0.6) is 5.75 Å². The van der Waals surface area contributed by atoms with Crippen LogP contribution in [0.3, 0.4) is 0 Å². The van der Waals surface area contributed by atoms with Crippen molar-refractivity contribution in [2.24, 2.45) is 16.7 Å². The summed E-state index contributed by atoms with van der Waals surface area (Å²) < 4.78 is 11.0. The van der Waals surface area contributed by atoms with Crippen LogP contribution in [0.4, 0.5) is 5.69 Å². The first-order chi connectivity index (χ1) is 10.2. The van der Waals surface area contributed by atoms with Crippen LogP contribution in [0, 0.1) is 26.9 Å². The fourth-order valence-electron chi connectivity index (χ4n) is 3.38. The summed E-state index contributed by atoms with van der Waals surface area (Å²) in [5.41, 5.74) is 0.334. The fourth-order valence-corrected chi connectivity index (χ4v) is 3.38. The quantitative estimate of drug-likeness (QED) is 0.486. The molecule has 2 aliphatic rings. The van der Waals surface area contributed by atoms with Gasteiger partial charge in [0.15, 0.2) is 6.10 Å². The van der Waals surface area contributed by atoms with Crippen LogP contribution in [0.25, 0.3) is 0 Å². The molecule has 0 radical (unpaired) electrons. The summed E-state index contributed by atoms with van der Waals surface area (Å²) in [5.74, 6) is 0.114. The van der Waals surface area contributed by atoms with E-state index in [9.17, 15) is 14.9 Å². The topological polar surface area (TPSA) is 78.7 Å². The molecular formula is C16H19NO5. The number of rotatable bonds is 3. The Bertz CT molecular complexity index is 651. The summed E-state index contributed by atoms with van der Waals surface area (Å²) in [6.07, 6.45) is -0.574. The third-order valence-corrected chi connectivity index (χ3v) is 5.46. The molecule has 1 aromatic rings. The van der Waals surface area contributed by atoms with Crippen molar-refractivity contribution in [1.29, 1.82) is 0 Å². The van der Waals surface area contributed by atoms with Gasteiger partial charge in [0.05, 0.1) is 10.8 Å². The van der Waals surface area contributed by atoms with E-state index in [1.165, 1.54) is 12.1 Å². The van der Waals surface area contributed by atoms with E-state index in [0.29, 0.717) is 11.3 Å². The van der Waals surface area contributed by atoms with E-state index in [-0.39, 0.29) is 35.0 Å². The standard InChI is InChI=1S/C16H19NO5/c1-15(2)13(16(15,3)4)14(18)22-12-8-21-11-6-5-9(17(19)20)7-10(11)12/h5-7,12-13H,8H2,1-4H3. The van der Waals surface area contributed by atoms with E-state index in [0.717, 1.165) is 0 Å². The second-order valence-electron chi connectivity index (χ2n) is 7.09. The van der Waals surface area contributed by atoms with E-state index < -0.39 is 11.0 Å². The molecule has 0 bridgehead atoms. The number of hydrogen-bond acceptors (Lipinski definition) is 5. The number of nitrogens with zero attached hydrogens (tertiary/aromatic N) is 1. The first-order valence-electron chi connectivity index (χ1n) is 7.28. The lowest BCUT2D eigenvalue weighted by Gasteiger charge is -2.12. The summed E-state index contributed by atoms with van der Waals surface area (Å²) >= 11 is 0. The molecular weight excluding hydrogens is 286 g/mol. The number of nitro groups is 1. The first-order valence-corrected chi connectivity index (χ1v) is 7.28. The number of carbonyl (C=O) groups excluding carboxylic acids is 1. The minimum Gasteiger partial charge on any atom is -0.489 e. The van der Waals surface area contributed by atoms with Crippen LogP contribution in [0.15, 0.2) is 18.2 Å². The number of benzene rings is 1. The van der Waals surface area contributed by atoms with Crippen LogP contribution >= 0.6 is 0 Å². The molecule has 1 aliphatic carbocycles. The molecule has 1 heterocycles. The van der Waals surface area contributed by atoms with Crippen LogP contribution < -0.4 is 4.74 Å². The van der Waals surface area contributed by atoms with Crippen molar-refractivity contribution in [1.82, 2.24) is 0 Å². The number of nitro benzene ring substituents is 1. The van der Waals surface area contributed by atoms with Gasteiger partial charge in [-0.3, -0.25) is 14.9 Å². The maximum Gasteiger partial charge on any atom is 0.310 e. The zero-order valence-corrected chi connectivity index (χ0v) is 13.1. The Labute approximate surface area is 128 Å². The number of fused-ring (bicyclic) bond motifs is 1. The number of ether oxygens (including phenoxy) is 2. The normalized spacial score (nSPS) is 24.3. The van der Waals surface area contributed by atoms with Crippen molar-refractivity contribution in [2.75, 3.05) is 6.61 Å². The Morgan fingerprint density at radius 3 is 2.50 bits per heavy atom. The van der Waals surface area contributed by atoms with Crippen molar-refractivity contribution < 1.29 is 19.2 Å². The van der Waals surface area contributed by atoms with Crippen molar-refractivity contribution in [3.05, 3.63) is 33.9 Å². The molecule has 6 heteroatoms. The van der Waals surface area contributed by atoms with Gasteiger partial charge < -0.3 is 9.47 Å². The summed E-state index contributed by atoms with van der Waals surface area (Å²) in [6, 6.07) is 4.35. The summed E-state index contributed by atoms with van der Waals surface area (Å²) in [4.78, 5) is 22.8. The van der Waals surface area contributed by atoms with E-state index in [1.807, 2.05) is 27.7 Å². The van der Waals surface area contributed by atoms with Gasteiger partial charge in [-0.15, -0.1) is 0 Å². The smallest absolute Gasteiger partial charge is 0.310 e. The highest BCUT2D eigenvalue weighted by atomic mass is 16.6. The summed E-state index contributed by atoms with van der Waals surface area (Å²) in [5, 5.41) is 10.9. The highest BCUT2D eigenvalue weighted by Gasteiger charge is 2.69. The van der Waals surface area contributed by atoms with Gasteiger partial charge in [0, 0.05) is 17.7 Å². The van der Waals surface area contributed by atoms with Gasteiger partial charge in [-0.25, -0.2) is 0 Å². The molecule has 3 rings (SSSR count). The number of esters is 1. The predicted molar refractivity (Wildman–Crippen MR) is 78.5 cm³/mol. The molecule has 1 aromatic carbocycles. The van der Waals surface area contributed by atoms with Gasteiger partial charge in [-0.1, -0.05) is 27.7 Å². The molecule has 0 spiro atoms. The number of carbonyl (C=O) groups is 1. The van der Waals surface area contributed by atoms with Crippen molar-refractivity contribution in [3.63, 3.8) is 0 Å². The molecule has 1 unspecified atom stereocenters. The Hall–Kier alpha value is -2.11. The summed E-state index contributed by atoms with van der Waals surface area (Å²) in [6.45, 7) is 8.38. The molecule has 0 N–H and O–H groups in total. The van der Waals surface area contributed by atoms with Gasteiger partial charge in [-0.2, -0.15) is 0 Å². The molecule has 1 fully saturated rings. The highest BCUT2D eigenvalue weighted by Crippen LogP contribution is 2.68. The Kier molecular flexibility index (Phi) is 2.99. The maximum absolute atomic E-state index is 12.4. The molecule has 0 saturated heterocycles. The third kappa shape index (κ3) is 1.97. The molecule has 6 nitrogen and oxygen atoms in total. The fraction of sp³-hybridized carbons (Fsp3) is 0.562. The van der Waals surface area contributed by atoms with Crippen LogP contribution in [0.1, 0.15) is 39.4 Å². The lowest BCUT2D eigenvalue weighted by Crippen LogP contribution is -2.17. The number of hydrogen-bond donors (Lipinski definition) is 0. The van der Waals surface area contributed by atoms with Gasteiger partial charge in [0.1, 0.15) is 12.4 Å². The zero-order chi connectivity index (χ0) is 16.3. The van der Waals surface area contributed by atoms with Crippen LogP contribution in [-0.4, -0.2) is 17.5 Å². The monoisotopic (exact) mass is 305 g/mol. The lowest BCUT2D eigenvalue weighted by atomic mass is 10.0. The first kappa shape index (κ1) is 14.8. The Morgan fingerprint density at radius 2 is 1.95 bits per heavy atom. The molecule has 1 aliphatic heterocycles. The lowest BCUT2D eigenvalue weighted by molar-refractivity contribution is -0.385. The van der Waals surface area contributed by atoms with Crippen LogP contribution in [0.2, 0.25) is 0 Å². The minimum absolute atomic E-state index is 0.0302. The molecule has 1 atom stereocenters. The average Bonchev–Trinajstić information content (AvgIpc) is 2.72. The summed E-state index contributed by atoms with van der Waals surface area (Å²) in [7, 11) is 0. The molecule has 0 aromatic heterocycles. The highest BCUT2D eigenvalue weighted by molar-refractivity contribution is 5.79. The van der Waals surface area contributed by atoms with E-state index in [1.54, 1.807) is 6.07 Å². The largest absolute Gasteiger partial charge is 0.489 e. The van der Waals surface area contributed by atoms with E-state index in [4.69, 9.17) is 9.47 Å². The van der Waals surface area contributed by atoms with Crippen molar-refractivity contribution >= 4 is 11.7 Å². The maximum atomic E-state index is 12.4. The zero-order valence-electron chi connectivity index (χ0n) is 13.1. The predicted octanol–water partition coefficient (Wildman–Crippen LogP) is 3.25. The second-order valence-corrected chi connectivity index (χ2v) is 7.09. The van der Waals surface area contributed by atoms with Crippen molar-refractivity contribution in [2.45, 2.75) is 33.8 Å². The third-order valence-electron chi connectivity index (χ3n) is 5.46. The van der Waals surface area contributed by atoms with Gasteiger partial charge in [-0.05, 0) is 16.9 Å². The average molecular weight is 305 g/mol. The van der Waals surface area contributed by atoms with Crippen LogP contribution in [-0.2, 0) is 9.53 Å². The Morgan fingerprint density at radius 1 is 1.32 bits per heavy atom. The molecule has 22 heavy (non-hydrogen) atoms. The Balaban J connectivity index is 1.79. The SMILES string of the molecule is CC1(C)C(C(=O)OC2COc3ccc([N+](=O)[O-])cc32)C1(C)C. The van der Waals surface area contributed by atoms with Gasteiger partial charge in [0.25, 0.3) is 5.69 Å². The second kappa shape index (κ2) is 4.44.